The predicted octanol–water partition coefficient (Wildman–Crippen LogP) is 6.05. The molecule has 0 N–H and O–H groups in total. The topological polar surface area (TPSA) is 19.0 Å². The van der Waals surface area contributed by atoms with Gasteiger partial charge in [0.05, 0.1) is 6.10 Å². The van der Waals surface area contributed by atoms with Crippen LogP contribution in [0.25, 0.3) is 0 Å². The van der Waals surface area contributed by atoms with Gasteiger partial charge in [0.1, 0.15) is 0 Å². The van der Waals surface area contributed by atoms with Gasteiger partial charge in [-0.1, -0.05) is 13.3 Å². The SMILES string of the molecule is CCCCN1CCN(c2ccc(N3CCC(OCC)CC3)cc2C2CCC3(CC2)CC3)CC1. The molecule has 0 aromatic heterocycles. The quantitative estimate of drug-likeness (QED) is 0.477. The Morgan fingerprint density at radius 2 is 1.58 bits per heavy atom. The number of unbranched alkanes of at least 4 members (excludes halogenated alkanes) is 1. The van der Waals surface area contributed by atoms with Crippen molar-refractivity contribution in [3.05, 3.63) is 23.8 Å². The number of benzene rings is 1. The molecule has 5 rings (SSSR count). The summed E-state index contributed by atoms with van der Waals surface area (Å²) in [5.41, 5.74) is 5.43. The number of ether oxygens (including phenoxy) is 1. The molecule has 1 aromatic carbocycles. The summed E-state index contributed by atoms with van der Waals surface area (Å²) < 4.78 is 5.91. The summed E-state index contributed by atoms with van der Waals surface area (Å²) in [6.45, 7) is 13.6. The van der Waals surface area contributed by atoms with E-state index >= 15 is 0 Å². The molecule has 4 heteroatoms. The number of piperazine rings is 1. The van der Waals surface area contributed by atoms with E-state index in [2.05, 4.69) is 46.7 Å². The Kier molecular flexibility index (Phi) is 7.51. The summed E-state index contributed by atoms with van der Waals surface area (Å²) in [6.07, 6.45) is 14.2. The molecule has 2 aliphatic heterocycles. The van der Waals surface area contributed by atoms with Gasteiger partial charge in [-0.15, -0.1) is 0 Å². The molecule has 2 heterocycles. The molecule has 0 radical (unpaired) electrons. The molecule has 4 aliphatic rings. The fourth-order valence-electron chi connectivity index (χ4n) is 6.68. The standard InChI is InChI=1S/C29H47N3O/c1-3-5-16-30-19-21-32(22-20-30)28-7-6-25(31-17-10-26(11-18-31)33-4-2)23-27(28)24-8-12-29(13-9-24)14-15-29/h6-7,23-24,26H,3-5,8-22H2,1-2H3. The van der Waals surface area contributed by atoms with E-state index in [-0.39, 0.29) is 0 Å². The monoisotopic (exact) mass is 453 g/mol. The van der Waals surface area contributed by atoms with Crippen molar-refractivity contribution in [1.29, 1.82) is 0 Å². The minimum Gasteiger partial charge on any atom is -0.378 e. The summed E-state index contributed by atoms with van der Waals surface area (Å²) in [7, 11) is 0. The minimum atomic E-state index is 0.460. The third-order valence-electron chi connectivity index (χ3n) is 9.20. The second-order valence-corrected chi connectivity index (χ2v) is 11.3. The normalized spacial score (nSPS) is 24.5. The lowest BCUT2D eigenvalue weighted by Crippen LogP contribution is -2.47. The molecule has 2 saturated heterocycles. The van der Waals surface area contributed by atoms with Crippen LogP contribution in [0.2, 0.25) is 0 Å². The zero-order chi connectivity index (χ0) is 22.7. The van der Waals surface area contributed by atoms with Gasteiger partial charge in [0.15, 0.2) is 0 Å². The van der Waals surface area contributed by atoms with Crippen molar-refractivity contribution in [3.63, 3.8) is 0 Å². The lowest BCUT2D eigenvalue weighted by molar-refractivity contribution is 0.0459. The van der Waals surface area contributed by atoms with Crippen molar-refractivity contribution in [1.82, 2.24) is 4.90 Å². The highest BCUT2D eigenvalue weighted by Gasteiger charge is 2.45. The van der Waals surface area contributed by atoms with Crippen molar-refractivity contribution >= 4 is 11.4 Å². The van der Waals surface area contributed by atoms with Gasteiger partial charge < -0.3 is 14.5 Å². The Labute approximate surface area is 202 Å². The predicted molar refractivity (Wildman–Crippen MR) is 140 cm³/mol. The van der Waals surface area contributed by atoms with Crippen LogP contribution in [0.3, 0.4) is 0 Å². The lowest BCUT2D eigenvalue weighted by Gasteiger charge is -2.40. The van der Waals surface area contributed by atoms with Gasteiger partial charge in [0.25, 0.3) is 0 Å². The molecular weight excluding hydrogens is 406 g/mol. The fourth-order valence-corrected chi connectivity index (χ4v) is 6.68. The van der Waals surface area contributed by atoms with E-state index in [1.54, 1.807) is 11.3 Å². The maximum absolute atomic E-state index is 5.91. The number of rotatable bonds is 8. The van der Waals surface area contributed by atoms with Gasteiger partial charge in [0, 0.05) is 57.3 Å². The molecule has 1 aromatic rings. The molecule has 0 unspecified atom stereocenters. The van der Waals surface area contributed by atoms with Crippen molar-refractivity contribution in [3.8, 4) is 0 Å². The second kappa shape index (κ2) is 10.6. The number of piperidine rings is 1. The Hall–Kier alpha value is -1.26. The first-order valence-corrected chi connectivity index (χ1v) is 14.2. The summed E-state index contributed by atoms with van der Waals surface area (Å²) >= 11 is 0. The van der Waals surface area contributed by atoms with Crippen molar-refractivity contribution < 1.29 is 4.74 Å². The van der Waals surface area contributed by atoms with E-state index in [0.717, 1.165) is 43.9 Å². The number of anilines is 2. The van der Waals surface area contributed by atoms with E-state index < -0.39 is 0 Å². The Morgan fingerprint density at radius 1 is 0.848 bits per heavy atom. The fraction of sp³-hybridized carbons (Fsp3) is 0.793. The molecule has 1 spiro atoms. The van der Waals surface area contributed by atoms with Crippen molar-refractivity contribution in [2.45, 2.75) is 90.1 Å². The van der Waals surface area contributed by atoms with Crippen LogP contribution in [0.1, 0.15) is 89.5 Å². The maximum Gasteiger partial charge on any atom is 0.0608 e. The summed E-state index contributed by atoms with van der Waals surface area (Å²) in [4.78, 5) is 8.01. The average molecular weight is 454 g/mol. The first-order valence-electron chi connectivity index (χ1n) is 14.2. The molecule has 2 saturated carbocycles. The van der Waals surface area contributed by atoms with E-state index in [9.17, 15) is 0 Å². The van der Waals surface area contributed by atoms with Crippen LogP contribution in [-0.4, -0.2) is 63.4 Å². The van der Waals surface area contributed by atoms with Crippen LogP contribution < -0.4 is 9.80 Å². The van der Waals surface area contributed by atoms with E-state index in [0.29, 0.717) is 6.10 Å². The van der Waals surface area contributed by atoms with Gasteiger partial charge in [-0.05, 0) is 106 Å². The second-order valence-electron chi connectivity index (χ2n) is 11.3. The molecule has 4 fully saturated rings. The highest BCUT2D eigenvalue weighted by atomic mass is 16.5. The number of nitrogens with zero attached hydrogens (tertiary/aromatic N) is 3. The Morgan fingerprint density at radius 3 is 2.21 bits per heavy atom. The molecule has 0 atom stereocenters. The smallest absolute Gasteiger partial charge is 0.0608 e. The van der Waals surface area contributed by atoms with Crippen molar-refractivity contribution in [2.75, 3.05) is 62.2 Å². The zero-order valence-electron chi connectivity index (χ0n) is 21.4. The molecular formula is C29H47N3O. The van der Waals surface area contributed by atoms with Crippen LogP contribution in [0.5, 0.6) is 0 Å². The van der Waals surface area contributed by atoms with E-state index in [1.165, 1.54) is 89.8 Å². The van der Waals surface area contributed by atoms with E-state index in [4.69, 9.17) is 4.74 Å². The van der Waals surface area contributed by atoms with Gasteiger partial charge in [0.2, 0.25) is 0 Å². The molecule has 0 bridgehead atoms. The average Bonchev–Trinajstić information content (AvgIpc) is 3.62. The van der Waals surface area contributed by atoms with E-state index in [1.807, 2.05) is 0 Å². The number of hydrogen-bond acceptors (Lipinski definition) is 4. The third-order valence-corrected chi connectivity index (χ3v) is 9.20. The zero-order valence-corrected chi connectivity index (χ0v) is 21.4. The summed E-state index contributed by atoms with van der Waals surface area (Å²) in [6, 6.07) is 7.52. The molecule has 0 amide bonds. The Bertz CT molecular complexity index is 750. The third kappa shape index (κ3) is 5.53. The minimum absolute atomic E-state index is 0.460. The highest BCUT2D eigenvalue weighted by Crippen LogP contribution is 2.59. The van der Waals surface area contributed by atoms with Crippen molar-refractivity contribution in [2.24, 2.45) is 5.41 Å². The van der Waals surface area contributed by atoms with Crippen LogP contribution in [0.15, 0.2) is 18.2 Å². The van der Waals surface area contributed by atoms with Gasteiger partial charge in [-0.3, -0.25) is 4.90 Å². The first kappa shape index (κ1) is 23.5. The summed E-state index contributed by atoms with van der Waals surface area (Å²) in [5, 5.41) is 0. The molecule has 33 heavy (non-hydrogen) atoms. The highest BCUT2D eigenvalue weighted by molar-refractivity contribution is 5.63. The van der Waals surface area contributed by atoms with Crippen LogP contribution >= 0.6 is 0 Å². The van der Waals surface area contributed by atoms with Gasteiger partial charge >= 0.3 is 0 Å². The molecule has 4 nitrogen and oxygen atoms in total. The largest absolute Gasteiger partial charge is 0.378 e. The molecule has 2 aliphatic carbocycles. The number of hydrogen-bond donors (Lipinski definition) is 0. The Balaban J connectivity index is 1.31. The maximum atomic E-state index is 5.91. The van der Waals surface area contributed by atoms with Crippen LogP contribution in [0.4, 0.5) is 11.4 Å². The van der Waals surface area contributed by atoms with Gasteiger partial charge in [-0.25, -0.2) is 0 Å². The summed E-state index contributed by atoms with van der Waals surface area (Å²) in [5.74, 6) is 0.755. The lowest BCUT2D eigenvalue weighted by atomic mass is 9.76. The molecule has 184 valence electrons. The first-order chi connectivity index (χ1) is 16.2. The van der Waals surface area contributed by atoms with Crippen LogP contribution in [0, 0.1) is 5.41 Å². The van der Waals surface area contributed by atoms with Gasteiger partial charge in [-0.2, -0.15) is 0 Å². The van der Waals surface area contributed by atoms with Crippen LogP contribution in [-0.2, 0) is 4.74 Å².